The van der Waals surface area contributed by atoms with Gasteiger partial charge in [-0.15, -0.1) is 0 Å². The van der Waals surface area contributed by atoms with Gasteiger partial charge in [0, 0.05) is 30.5 Å². The summed E-state index contributed by atoms with van der Waals surface area (Å²) < 4.78 is 0. The summed E-state index contributed by atoms with van der Waals surface area (Å²) in [6.07, 6.45) is 0. The second-order valence-electron chi connectivity index (χ2n) is 4.80. The average Bonchev–Trinajstić information content (AvgIpc) is 2.70. The standard InChI is InChI=1S/C14H16N4/c1-9-5-14(17-10(2)16-9)18-7-11-3-4-13(15)6-12(11)8-18/h3-6H,7-8,15H2,1-2H3. The van der Waals surface area contributed by atoms with Crippen LogP contribution in [0.1, 0.15) is 22.6 Å². The van der Waals surface area contributed by atoms with Crippen molar-refractivity contribution in [3.63, 3.8) is 0 Å². The molecule has 0 atom stereocenters. The fourth-order valence-corrected chi connectivity index (χ4v) is 2.44. The molecule has 0 spiro atoms. The summed E-state index contributed by atoms with van der Waals surface area (Å²) in [5, 5.41) is 0. The number of nitrogen functional groups attached to an aromatic ring is 1. The van der Waals surface area contributed by atoms with E-state index in [4.69, 9.17) is 5.73 Å². The Labute approximate surface area is 106 Å². The van der Waals surface area contributed by atoms with Gasteiger partial charge in [-0.05, 0) is 37.1 Å². The Balaban J connectivity index is 1.93. The summed E-state index contributed by atoms with van der Waals surface area (Å²) in [7, 11) is 0. The molecule has 1 aromatic heterocycles. The lowest BCUT2D eigenvalue weighted by molar-refractivity contribution is 0.837. The molecule has 0 saturated carbocycles. The minimum Gasteiger partial charge on any atom is -0.399 e. The highest BCUT2D eigenvalue weighted by Gasteiger charge is 2.20. The lowest BCUT2D eigenvalue weighted by atomic mass is 10.1. The number of rotatable bonds is 1. The molecule has 2 aromatic rings. The van der Waals surface area contributed by atoms with Crippen LogP contribution in [0, 0.1) is 13.8 Å². The summed E-state index contributed by atoms with van der Waals surface area (Å²) in [6, 6.07) is 8.14. The predicted octanol–water partition coefficient (Wildman–Crippen LogP) is 2.20. The van der Waals surface area contributed by atoms with Crippen molar-refractivity contribution in [1.82, 2.24) is 9.97 Å². The van der Waals surface area contributed by atoms with Crippen LogP contribution >= 0.6 is 0 Å². The minimum atomic E-state index is 0.820. The lowest BCUT2D eigenvalue weighted by Crippen LogP contribution is -2.17. The van der Waals surface area contributed by atoms with Gasteiger partial charge in [0.05, 0.1) is 0 Å². The SMILES string of the molecule is Cc1cc(N2Cc3ccc(N)cc3C2)nc(C)n1. The number of nitrogens with two attached hydrogens (primary N) is 1. The summed E-state index contributed by atoms with van der Waals surface area (Å²) in [6.45, 7) is 5.69. The van der Waals surface area contributed by atoms with Crippen LogP contribution in [-0.4, -0.2) is 9.97 Å². The number of hydrogen-bond acceptors (Lipinski definition) is 4. The molecule has 0 amide bonds. The maximum Gasteiger partial charge on any atom is 0.133 e. The maximum atomic E-state index is 5.82. The zero-order valence-corrected chi connectivity index (χ0v) is 10.6. The summed E-state index contributed by atoms with van der Waals surface area (Å²) in [5.41, 5.74) is 10.3. The Morgan fingerprint density at radius 2 is 1.83 bits per heavy atom. The van der Waals surface area contributed by atoms with E-state index in [9.17, 15) is 0 Å². The van der Waals surface area contributed by atoms with Crippen molar-refractivity contribution in [2.24, 2.45) is 0 Å². The van der Waals surface area contributed by atoms with Gasteiger partial charge in [-0.2, -0.15) is 0 Å². The van der Waals surface area contributed by atoms with Crippen molar-refractivity contribution in [2.45, 2.75) is 26.9 Å². The third-order valence-electron chi connectivity index (χ3n) is 3.23. The molecule has 1 aliphatic rings. The van der Waals surface area contributed by atoms with E-state index in [0.717, 1.165) is 36.1 Å². The van der Waals surface area contributed by atoms with Gasteiger partial charge < -0.3 is 10.6 Å². The first-order chi connectivity index (χ1) is 8.61. The van der Waals surface area contributed by atoms with Gasteiger partial charge in [0.2, 0.25) is 0 Å². The molecule has 4 nitrogen and oxygen atoms in total. The quantitative estimate of drug-likeness (QED) is 0.776. The highest BCUT2D eigenvalue weighted by molar-refractivity contribution is 5.52. The van der Waals surface area contributed by atoms with Gasteiger partial charge in [0.15, 0.2) is 0 Å². The number of aromatic nitrogens is 2. The monoisotopic (exact) mass is 240 g/mol. The molecule has 0 radical (unpaired) electrons. The molecule has 1 aromatic carbocycles. The Bertz CT molecular complexity index is 586. The highest BCUT2D eigenvalue weighted by Crippen LogP contribution is 2.28. The zero-order valence-electron chi connectivity index (χ0n) is 10.6. The molecular formula is C14H16N4. The first-order valence-corrected chi connectivity index (χ1v) is 6.06. The summed E-state index contributed by atoms with van der Waals surface area (Å²) >= 11 is 0. The molecule has 3 rings (SSSR count). The van der Waals surface area contributed by atoms with E-state index in [1.165, 1.54) is 11.1 Å². The van der Waals surface area contributed by atoms with Crippen LogP contribution in [0.15, 0.2) is 24.3 Å². The van der Waals surface area contributed by atoms with Gasteiger partial charge in [0.25, 0.3) is 0 Å². The van der Waals surface area contributed by atoms with E-state index in [0.29, 0.717) is 0 Å². The van der Waals surface area contributed by atoms with Crippen LogP contribution < -0.4 is 10.6 Å². The fourth-order valence-electron chi connectivity index (χ4n) is 2.44. The van der Waals surface area contributed by atoms with Gasteiger partial charge in [-0.25, -0.2) is 9.97 Å². The van der Waals surface area contributed by atoms with E-state index < -0.39 is 0 Å². The summed E-state index contributed by atoms with van der Waals surface area (Å²) in [5.74, 6) is 1.82. The van der Waals surface area contributed by atoms with Gasteiger partial charge >= 0.3 is 0 Å². The topological polar surface area (TPSA) is 55.0 Å². The normalized spacial score (nSPS) is 13.8. The van der Waals surface area contributed by atoms with E-state index in [-0.39, 0.29) is 0 Å². The van der Waals surface area contributed by atoms with Crippen LogP contribution in [-0.2, 0) is 13.1 Å². The van der Waals surface area contributed by atoms with Crippen LogP contribution in [0.5, 0.6) is 0 Å². The van der Waals surface area contributed by atoms with Crippen LogP contribution in [0.4, 0.5) is 11.5 Å². The zero-order chi connectivity index (χ0) is 12.7. The highest BCUT2D eigenvalue weighted by atomic mass is 15.2. The van der Waals surface area contributed by atoms with Crippen molar-refractivity contribution in [3.05, 3.63) is 46.9 Å². The molecule has 1 aliphatic heterocycles. The number of anilines is 2. The Kier molecular flexibility index (Phi) is 2.44. The van der Waals surface area contributed by atoms with Gasteiger partial charge in [0.1, 0.15) is 11.6 Å². The third kappa shape index (κ3) is 1.90. The first kappa shape index (κ1) is 11.0. The average molecular weight is 240 g/mol. The van der Waals surface area contributed by atoms with E-state index in [1.54, 1.807) is 0 Å². The van der Waals surface area contributed by atoms with Crippen molar-refractivity contribution in [1.29, 1.82) is 0 Å². The molecule has 2 heterocycles. The maximum absolute atomic E-state index is 5.82. The van der Waals surface area contributed by atoms with E-state index in [1.807, 2.05) is 26.0 Å². The number of nitrogens with zero attached hydrogens (tertiary/aromatic N) is 3. The number of aryl methyl sites for hydroxylation is 2. The second kappa shape index (κ2) is 3.98. The fraction of sp³-hybridized carbons (Fsp3) is 0.286. The van der Waals surface area contributed by atoms with Crippen molar-refractivity contribution in [2.75, 3.05) is 10.6 Å². The van der Waals surface area contributed by atoms with Crippen molar-refractivity contribution < 1.29 is 0 Å². The molecule has 0 unspecified atom stereocenters. The molecular weight excluding hydrogens is 224 g/mol. The Morgan fingerprint density at radius 3 is 2.61 bits per heavy atom. The van der Waals surface area contributed by atoms with Gasteiger partial charge in [-0.1, -0.05) is 6.07 Å². The molecule has 0 bridgehead atoms. The van der Waals surface area contributed by atoms with Crippen molar-refractivity contribution >= 4 is 11.5 Å². The smallest absolute Gasteiger partial charge is 0.133 e. The second-order valence-corrected chi connectivity index (χ2v) is 4.80. The molecule has 0 saturated heterocycles. The molecule has 0 fully saturated rings. The molecule has 4 heteroatoms. The van der Waals surface area contributed by atoms with Crippen LogP contribution in [0.3, 0.4) is 0 Å². The molecule has 2 N–H and O–H groups in total. The van der Waals surface area contributed by atoms with E-state index in [2.05, 4.69) is 27.0 Å². The summed E-state index contributed by atoms with van der Waals surface area (Å²) in [4.78, 5) is 11.1. The molecule has 18 heavy (non-hydrogen) atoms. The molecule has 92 valence electrons. The lowest BCUT2D eigenvalue weighted by Gasteiger charge is -2.17. The number of hydrogen-bond donors (Lipinski definition) is 1. The van der Waals surface area contributed by atoms with Crippen LogP contribution in [0.25, 0.3) is 0 Å². The van der Waals surface area contributed by atoms with E-state index >= 15 is 0 Å². The largest absolute Gasteiger partial charge is 0.399 e. The Hall–Kier alpha value is -2.10. The Morgan fingerprint density at radius 1 is 1.06 bits per heavy atom. The minimum absolute atomic E-state index is 0.820. The van der Waals surface area contributed by atoms with Gasteiger partial charge in [-0.3, -0.25) is 0 Å². The van der Waals surface area contributed by atoms with Crippen molar-refractivity contribution in [3.8, 4) is 0 Å². The van der Waals surface area contributed by atoms with Crippen LogP contribution in [0.2, 0.25) is 0 Å². The predicted molar refractivity (Wildman–Crippen MR) is 72.2 cm³/mol. The number of benzene rings is 1. The first-order valence-electron chi connectivity index (χ1n) is 6.06. The number of fused-ring (bicyclic) bond motifs is 1. The third-order valence-corrected chi connectivity index (χ3v) is 3.23. The molecule has 0 aliphatic carbocycles.